The number of imide groups is 2. The molecule has 4 aromatic rings. The minimum Gasteiger partial charge on any atom is -0.494 e. The van der Waals surface area contributed by atoms with Crippen LogP contribution in [0.5, 0.6) is 5.88 Å². The Balaban J connectivity index is 1.58. The number of rotatable bonds is 8. The summed E-state index contributed by atoms with van der Waals surface area (Å²) in [5.74, 6) is -4.26. The van der Waals surface area contributed by atoms with Crippen LogP contribution in [-0.2, 0) is 9.59 Å². The predicted octanol–water partition coefficient (Wildman–Crippen LogP) is 1.74. The van der Waals surface area contributed by atoms with Crippen molar-refractivity contribution < 1.29 is 29.1 Å². The van der Waals surface area contributed by atoms with Gasteiger partial charge in [0.15, 0.2) is 0 Å². The molecule has 7 N–H and O–H groups in total. The molecular formula is C33H24N6O8. The summed E-state index contributed by atoms with van der Waals surface area (Å²) >= 11 is 0. The molecule has 1 aromatic heterocycles. The fourth-order valence-corrected chi connectivity index (χ4v) is 4.66. The molecule has 0 spiro atoms. The number of anilines is 1. The Kier molecular flexibility index (Phi) is 8.58. The highest BCUT2D eigenvalue weighted by molar-refractivity contribution is 6.37. The molecule has 0 aliphatic carbocycles. The van der Waals surface area contributed by atoms with Crippen molar-refractivity contribution in [2.24, 2.45) is 11.5 Å². The molecule has 1 aliphatic heterocycles. The van der Waals surface area contributed by atoms with Crippen LogP contribution < -0.4 is 32.9 Å². The van der Waals surface area contributed by atoms with E-state index < -0.39 is 52.4 Å². The Labute approximate surface area is 264 Å². The number of hydrogen-bond acceptors (Lipinski definition) is 8. The van der Waals surface area contributed by atoms with Crippen LogP contribution >= 0.6 is 0 Å². The zero-order valence-corrected chi connectivity index (χ0v) is 24.2. The molecule has 5 rings (SSSR count). The van der Waals surface area contributed by atoms with Gasteiger partial charge in [-0.05, 0) is 59.7 Å². The molecule has 14 nitrogen and oxygen atoms in total. The maximum atomic E-state index is 13.4. The van der Waals surface area contributed by atoms with E-state index in [-0.39, 0.29) is 28.1 Å². The maximum Gasteiger partial charge on any atom is 0.335 e. The van der Waals surface area contributed by atoms with Crippen molar-refractivity contribution in [2.45, 2.75) is 0 Å². The highest BCUT2D eigenvalue weighted by atomic mass is 16.3. The molecule has 234 valence electrons. The van der Waals surface area contributed by atoms with E-state index >= 15 is 0 Å². The number of allylic oxidation sites excluding steroid dienone is 4. The van der Waals surface area contributed by atoms with Gasteiger partial charge in [-0.1, -0.05) is 54.6 Å². The van der Waals surface area contributed by atoms with Crippen LogP contribution in [0.3, 0.4) is 0 Å². The van der Waals surface area contributed by atoms with Crippen LogP contribution in [-0.4, -0.2) is 44.3 Å². The summed E-state index contributed by atoms with van der Waals surface area (Å²) in [6.07, 6.45) is 5.16. The number of hydrogen-bond donors (Lipinski definition) is 5. The fraction of sp³-hybridized carbons (Fsp3) is 0. The number of aromatic nitrogens is 2. The lowest BCUT2D eigenvalue weighted by Crippen LogP contribution is -2.54. The SMILES string of the molecule is NC(=O)c1cccc(N2C(=O)NC(=O)/C(=C/C=C(/C=C/c3c(O)[nH]c(=O)n(-c4cccc(C(N)=O)c4)c3=O)c3ccccc3)C2=O)c1. The van der Waals surface area contributed by atoms with E-state index in [9.17, 15) is 38.7 Å². The molecule has 14 heteroatoms. The highest BCUT2D eigenvalue weighted by Crippen LogP contribution is 2.24. The lowest BCUT2D eigenvalue weighted by atomic mass is 10.0. The second kappa shape index (κ2) is 12.9. The standard InChI is InChI=1S/C33H24N6O8/c34-26(40)20-8-4-10-22(16-20)38-30(44)24(28(42)36-32(38)46)14-12-19(18-6-2-1-3-7-18)13-15-25-29(43)37-33(47)39(31(25)45)23-11-5-9-21(17-23)27(35)41/h1-17,42H,(H2,34,40)(H2,35,41)(H,36,46)(H,37,43,47)/b14-12+,19-13-,25-15-. The fourth-order valence-electron chi connectivity index (χ4n) is 4.66. The molecule has 47 heavy (non-hydrogen) atoms. The van der Waals surface area contributed by atoms with E-state index in [2.05, 4.69) is 10.3 Å². The number of aromatic amines is 1. The molecule has 0 radical (unpaired) electrons. The third kappa shape index (κ3) is 6.41. The predicted molar refractivity (Wildman–Crippen MR) is 170 cm³/mol. The van der Waals surface area contributed by atoms with Crippen LogP contribution in [0, 0.1) is 0 Å². The molecule has 1 fully saturated rings. The Hall–Kier alpha value is -7.09. The van der Waals surface area contributed by atoms with Crippen molar-refractivity contribution in [1.82, 2.24) is 14.9 Å². The first-order valence-corrected chi connectivity index (χ1v) is 13.7. The smallest absolute Gasteiger partial charge is 0.335 e. The van der Waals surface area contributed by atoms with Crippen molar-refractivity contribution in [1.29, 1.82) is 0 Å². The van der Waals surface area contributed by atoms with Crippen LogP contribution in [0.25, 0.3) is 17.3 Å². The molecule has 3 aromatic carbocycles. The second-order valence-electron chi connectivity index (χ2n) is 9.96. The van der Waals surface area contributed by atoms with Crippen LogP contribution in [0.4, 0.5) is 10.5 Å². The Morgan fingerprint density at radius 2 is 1.36 bits per heavy atom. The monoisotopic (exact) mass is 632 g/mol. The number of primary amides is 2. The number of H-pyrrole nitrogens is 1. The molecule has 2 heterocycles. The first-order valence-electron chi connectivity index (χ1n) is 13.7. The topological polar surface area (TPSA) is 228 Å². The number of nitrogens with zero attached hydrogens (tertiary/aromatic N) is 2. The third-order valence-electron chi connectivity index (χ3n) is 6.96. The Morgan fingerprint density at radius 3 is 2.00 bits per heavy atom. The number of barbiturate groups is 1. The Bertz CT molecular complexity index is 2190. The lowest BCUT2D eigenvalue weighted by molar-refractivity contribution is -0.122. The summed E-state index contributed by atoms with van der Waals surface area (Å²) < 4.78 is 0.712. The van der Waals surface area contributed by atoms with Crippen molar-refractivity contribution in [3.05, 3.63) is 146 Å². The van der Waals surface area contributed by atoms with Crippen LogP contribution in [0.1, 0.15) is 31.8 Å². The zero-order chi connectivity index (χ0) is 33.8. The van der Waals surface area contributed by atoms with Gasteiger partial charge in [0.1, 0.15) is 11.1 Å². The molecular weight excluding hydrogens is 608 g/mol. The molecule has 0 bridgehead atoms. The minimum atomic E-state index is -1.03. The summed E-state index contributed by atoms with van der Waals surface area (Å²) in [6, 6.07) is 18.5. The van der Waals surface area contributed by atoms with Gasteiger partial charge in [-0.2, -0.15) is 0 Å². The number of benzene rings is 3. The average Bonchev–Trinajstić information content (AvgIpc) is 3.04. The average molecular weight is 633 g/mol. The quantitative estimate of drug-likeness (QED) is 0.109. The second-order valence-corrected chi connectivity index (χ2v) is 9.96. The van der Waals surface area contributed by atoms with Gasteiger partial charge in [-0.25, -0.2) is 19.1 Å². The van der Waals surface area contributed by atoms with E-state index in [4.69, 9.17) is 11.5 Å². The number of nitrogens with two attached hydrogens (primary N) is 2. The number of carbonyl (C=O) groups is 5. The van der Waals surface area contributed by atoms with Gasteiger partial charge in [-0.15, -0.1) is 0 Å². The number of nitrogens with one attached hydrogen (secondary N) is 2. The van der Waals surface area contributed by atoms with Crippen molar-refractivity contribution in [2.75, 3.05) is 4.90 Å². The van der Waals surface area contributed by atoms with Gasteiger partial charge in [0.05, 0.1) is 11.4 Å². The van der Waals surface area contributed by atoms with Crippen molar-refractivity contribution >= 4 is 47.0 Å². The molecule has 0 saturated carbocycles. The van der Waals surface area contributed by atoms with Crippen molar-refractivity contribution in [3.8, 4) is 11.6 Å². The highest BCUT2D eigenvalue weighted by Gasteiger charge is 2.36. The summed E-state index contributed by atoms with van der Waals surface area (Å²) in [7, 11) is 0. The molecule has 0 unspecified atom stereocenters. The summed E-state index contributed by atoms with van der Waals surface area (Å²) in [5.41, 5.74) is 8.99. The van der Waals surface area contributed by atoms with E-state index in [0.29, 0.717) is 20.6 Å². The number of carbonyl (C=O) groups excluding carboxylic acids is 5. The molecule has 1 aliphatic rings. The minimum absolute atomic E-state index is 0.000508. The molecule has 6 amide bonds. The van der Waals surface area contributed by atoms with Gasteiger partial charge in [0, 0.05) is 11.1 Å². The first kappa shape index (κ1) is 31.3. The number of urea groups is 1. The van der Waals surface area contributed by atoms with Crippen molar-refractivity contribution in [3.63, 3.8) is 0 Å². The van der Waals surface area contributed by atoms with Crippen LogP contribution in [0.15, 0.2) is 112 Å². The molecule has 0 atom stereocenters. The van der Waals surface area contributed by atoms with Gasteiger partial charge >= 0.3 is 11.7 Å². The molecule has 1 saturated heterocycles. The summed E-state index contributed by atoms with van der Waals surface area (Å²) in [5, 5.41) is 12.6. The van der Waals surface area contributed by atoms with E-state index in [1.54, 1.807) is 30.3 Å². The Morgan fingerprint density at radius 1 is 0.766 bits per heavy atom. The zero-order valence-electron chi connectivity index (χ0n) is 24.2. The normalized spacial score (nSPS) is 14.5. The maximum absolute atomic E-state index is 13.4. The number of amides is 6. The van der Waals surface area contributed by atoms with Gasteiger partial charge in [0.25, 0.3) is 17.4 Å². The lowest BCUT2D eigenvalue weighted by Gasteiger charge is -2.26. The van der Waals surface area contributed by atoms with E-state index in [1.165, 1.54) is 72.8 Å². The van der Waals surface area contributed by atoms with E-state index in [1.807, 2.05) is 0 Å². The van der Waals surface area contributed by atoms with Gasteiger partial charge < -0.3 is 16.6 Å². The first-order chi connectivity index (χ1) is 22.5. The van der Waals surface area contributed by atoms with Crippen LogP contribution in [0.2, 0.25) is 0 Å². The summed E-state index contributed by atoms with van der Waals surface area (Å²) in [6.45, 7) is 0. The third-order valence-corrected chi connectivity index (χ3v) is 6.96. The van der Waals surface area contributed by atoms with Gasteiger partial charge in [0.2, 0.25) is 17.7 Å². The van der Waals surface area contributed by atoms with Gasteiger partial charge in [-0.3, -0.25) is 34.3 Å². The summed E-state index contributed by atoms with van der Waals surface area (Å²) in [4.78, 5) is 91.0. The van der Waals surface area contributed by atoms with E-state index in [0.717, 1.165) is 0 Å². The number of aromatic hydroxyl groups is 1. The largest absolute Gasteiger partial charge is 0.494 e.